The van der Waals surface area contributed by atoms with Crippen LogP contribution in [0, 0.1) is 0 Å². The molecular weight excluding hydrogens is 308 g/mol. The molecule has 19 heavy (non-hydrogen) atoms. The molecule has 2 N–H and O–H groups in total. The minimum atomic E-state index is -0.376. The number of nitrogens with zero attached hydrogens (tertiary/aromatic N) is 1. The van der Waals surface area contributed by atoms with E-state index in [1.54, 1.807) is 18.3 Å². The summed E-state index contributed by atoms with van der Waals surface area (Å²) < 4.78 is 0.894. The van der Waals surface area contributed by atoms with E-state index in [0.29, 0.717) is 5.56 Å². The Morgan fingerprint density at radius 3 is 2.74 bits per heavy atom. The van der Waals surface area contributed by atoms with Crippen molar-refractivity contribution in [2.24, 2.45) is 5.10 Å². The molecule has 0 bridgehead atoms. The van der Waals surface area contributed by atoms with Gasteiger partial charge in [-0.1, -0.05) is 40.2 Å². The van der Waals surface area contributed by atoms with Crippen LogP contribution in [-0.2, 0) is 0 Å². The molecule has 1 amide bonds. The van der Waals surface area contributed by atoms with Gasteiger partial charge in [0.2, 0.25) is 0 Å². The third kappa shape index (κ3) is 3.66. The van der Waals surface area contributed by atoms with Crippen LogP contribution < -0.4 is 5.43 Å². The molecule has 2 rings (SSSR count). The van der Waals surface area contributed by atoms with Crippen molar-refractivity contribution in [3.05, 3.63) is 64.1 Å². The molecule has 2 aromatic rings. The van der Waals surface area contributed by atoms with Crippen LogP contribution >= 0.6 is 15.9 Å². The van der Waals surface area contributed by atoms with E-state index in [0.717, 1.165) is 10.0 Å². The molecule has 0 saturated carbocycles. The summed E-state index contributed by atoms with van der Waals surface area (Å²) in [5.41, 5.74) is 3.61. The first-order valence-corrected chi connectivity index (χ1v) is 6.33. The van der Waals surface area contributed by atoms with Crippen LogP contribution in [0.3, 0.4) is 0 Å². The summed E-state index contributed by atoms with van der Waals surface area (Å²) in [5.74, 6) is -0.332. The van der Waals surface area contributed by atoms with Gasteiger partial charge in [0.25, 0.3) is 5.91 Å². The highest BCUT2D eigenvalue weighted by molar-refractivity contribution is 9.10. The van der Waals surface area contributed by atoms with Crippen molar-refractivity contribution >= 4 is 28.1 Å². The lowest BCUT2D eigenvalue weighted by Gasteiger charge is -2.00. The summed E-state index contributed by atoms with van der Waals surface area (Å²) in [7, 11) is 0. The minimum Gasteiger partial charge on any atom is -0.508 e. The lowest BCUT2D eigenvalue weighted by Crippen LogP contribution is -2.17. The smallest absolute Gasteiger partial charge is 0.271 e. The van der Waals surface area contributed by atoms with Gasteiger partial charge in [0.05, 0.1) is 6.21 Å². The number of carbonyl (C=O) groups is 1. The van der Waals surface area contributed by atoms with Gasteiger partial charge in [-0.2, -0.15) is 5.10 Å². The number of rotatable bonds is 3. The number of phenols is 1. The van der Waals surface area contributed by atoms with E-state index in [1.807, 2.05) is 24.3 Å². The van der Waals surface area contributed by atoms with E-state index in [4.69, 9.17) is 0 Å². The van der Waals surface area contributed by atoms with E-state index < -0.39 is 0 Å². The van der Waals surface area contributed by atoms with Gasteiger partial charge in [0.15, 0.2) is 0 Å². The van der Waals surface area contributed by atoms with Gasteiger partial charge in [-0.15, -0.1) is 0 Å². The summed E-state index contributed by atoms with van der Waals surface area (Å²) >= 11 is 3.38. The Hall–Kier alpha value is -2.14. The number of phenolic OH excluding ortho intramolecular Hbond substituents is 1. The summed E-state index contributed by atoms with van der Waals surface area (Å²) in [6.07, 6.45) is 1.55. The average molecular weight is 319 g/mol. The van der Waals surface area contributed by atoms with Crippen molar-refractivity contribution < 1.29 is 9.90 Å². The first-order chi connectivity index (χ1) is 9.16. The van der Waals surface area contributed by atoms with Crippen LogP contribution in [0.25, 0.3) is 0 Å². The number of hydrazone groups is 1. The number of hydrogen-bond acceptors (Lipinski definition) is 3. The maximum Gasteiger partial charge on any atom is 0.271 e. The SMILES string of the molecule is O=C(N/N=C\c1ccccc1Br)c1cccc(O)c1. The van der Waals surface area contributed by atoms with E-state index in [9.17, 15) is 9.90 Å². The Balaban J connectivity index is 2.03. The topological polar surface area (TPSA) is 61.7 Å². The van der Waals surface area contributed by atoms with E-state index in [2.05, 4.69) is 26.5 Å². The molecule has 0 unspecified atom stereocenters. The largest absolute Gasteiger partial charge is 0.508 e. The van der Waals surface area contributed by atoms with E-state index in [1.165, 1.54) is 12.1 Å². The van der Waals surface area contributed by atoms with Gasteiger partial charge in [0, 0.05) is 15.6 Å². The fraction of sp³-hybridized carbons (Fsp3) is 0. The van der Waals surface area contributed by atoms with Crippen LogP contribution in [-0.4, -0.2) is 17.2 Å². The van der Waals surface area contributed by atoms with Crippen molar-refractivity contribution in [2.45, 2.75) is 0 Å². The molecule has 96 valence electrons. The van der Waals surface area contributed by atoms with Crippen LogP contribution in [0.15, 0.2) is 58.1 Å². The number of nitrogens with one attached hydrogen (secondary N) is 1. The Morgan fingerprint density at radius 1 is 1.21 bits per heavy atom. The molecule has 0 heterocycles. The molecule has 0 saturated heterocycles. The Morgan fingerprint density at radius 2 is 2.00 bits per heavy atom. The number of aromatic hydroxyl groups is 1. The molecule has 0 spiro atoms. The Bertz CT molecular complexity index is 626. The first-order valence-electron chi connectivity index (χ1n) is 5.54. The summed E-state index contributed by atoms with van der Waals surface area (Å²) in [6.45, 7) is 0. The van der Waals surface area contributed by atoms with Gasteiger partial charge < -0.3 is 5.11 Å². The first kappa shape index (κ1) is 13.3. The van der Waals surface area contributed by atoms with Gasteiger partial charge in [-0.05, 0) is 24.3 Å². The summed E-state index contributed by atoms with van der Waals surface area (Å²) in [5, 5.41) is 13.1. The molecule has 0 aliphatic heterocycles. The van der Waals surface area contributed by atoms with E-state index >= 15 is 0 Å². The van der Waals surface area contributed by atoms with Crippen molar-refractivity contribution in [3.63, 3.8) is 0 Å². The zero-order chi connectivity index (χ0) is 13.7. The van der Waals surface area contributed by atoms with Gasteiger partial charge >= 0.3 is 0 Å². The van der Waals surface area contributed by atoms with Crippen molar-refractivity contribution in [1.29, 1.82) is 0 Å². The monoisotopic (exact) mass is 318 g/mol. The van der Waals surface area contributed by atoms with Gasteiger partial charge in [-0.25, -0.2) is 5.43 Å². The number of halogens is 1. The molecule has 0 aliphatic rings. The minimum absolute atomic E-state index is 0.0439. The molecule has 2 aromatic carbocycles. The quantitative estimate of drug-likeness (QED) is 0.675. The zero-order valence-electron chi connectivity index (χ0n) is 9.88. The average Bonchev–Trinajstić information content (AvgIpc) is 2.41. The van der Waals surface area contributed by atoms with Crippen LogP contribution in [0.1, 0.15) is 15.9 Å². The highest BCUT2D eigenvalue weighted by atomic mass is 79.9. The van der Waals surface area contributed by atoms with Crippen LogP contribution in [0.4, 0.5) is 0 Å². The molecule has 0 atom stereocenters. The fourth-order valence-electron chi connectivity index (χ4n) is 1.45. The molecule has 4 nitrogen and oxygen atoms in total. The predicted octanol–water partition coefficient (Wildman–Crippen LogP) is 2.92. The number of amides is 1. The maximum atomic E-state index is 11.7. The third-order valence-electron chi connectivity index (χ3n) is 2.38. The number of carbonyl (C=O) groups excluding carboxylic acids is 1. The molecule has 0 aliphatic carbocycles. The lowest BCUT2D eigenvalue weighted by molar-refractivity contribution is 0.0954. The van der Waals surface area contributed by atoms with Crippen LogP contribution in [0.2, 0.25) is 0 Å². The third-order valence-corrected chi connectivity index (χ3v) is 3.11. The highest BCUT2D eigenvalue weighted by Crippen LogP contribution is 2.13. The molecule has 0 radical (unpaired) electrons. The van der Waals surface area contributed by atoms with Gasteiger partial charge in [0.1, 0.15) is 5.75 Å². The van der Waals surface area contributed by atoms with Crippen molar-refractivity contribution in [2.75, 3.05) is 0 Å². The number of benzene rings is 2. The highest BCUT2D eigenvalue weighted by Gasteiger charge is 2.04. The molecular formula is C14H11BrN2O2. The normalized spacial score (nSPS) is 10.6. The summed E-state index contributed by atoms with van der Waals surface area (Å²) in [6, 6.07) is 13.6. The second-order valence-electron chi connectivity index (χ2n) is 3.77. The zero-order valence-corrected chi connectivity index (χ0v) is 11.5. The standard InChI is InChI=1S/C14H11BrN2O2/c15-13-7-2-1-4-11(13)9-16-17-14(19)10-5-3-6-12(18)8-10/h1-9,18H,(H,17,19)/b16-9-. The summed E-state index contributed by atoms with van der Waals surface area (Å²) in [4.78, 5) is 11.7. The maximum absolute atomic E-state index is 11.7. The molecule has 0 aromatic heterocycles. The number of hydrogen-bond donors (Lipinski definition) is 2. The predicted molar refractivity (Wildman–Crippen MR) is 77.3 cm³/mol. The lowest BCUT2D eigenvalue weighted by atomic mass is 10.2. The fourth-order valence-corrected chi connectivity index (χ4v) is 1.84. The second-order valence-corrected chi connectivity index (χ2v) is 4.63. The van der Waals surface area contributed by atoms with Crippen molar-refractivity contribution in [3.8, 4) is 5.75 Å². The van der Waals surface area contributed by atoms with Crippen LogP contribution in [0.5, 0.6) is 5.75 Å². The second kappa shape index (κ2) is 6.15. The van der Waals surface area contributed by atoms with E-state index in [-0.39, 0.29) is 11.7 Å². The Kier molecular flexibility index (Phi) is 4.30. The Labute approximate surface area is 118 Å². The van der Waals surface area contributed by atoms with Crippen molar-refractivity contribution in [1.82, 2.24) is 5.43 Å². The molecule has 0 fully saturated rings. The van der Waals surface area contributed by atoms with Gasteiger partial charge in [-0.3, -0.25) is 4.79 Å². The molecule has 5 heteroatoms.